The van der Waals surface area contributed by atoms with E-state index in [0.29, 0.717) is 0 Å². The van der Waals surface area contributed by atoms with Crippen molar-refractivity contribution in [3.8, 4) is 0 Å². The Bertz CT molecular complexity index is 891. The van der Waals surface area contributed by atoms with Crippen LogP contribution in [0.4, 0.5) is 0 Å². The third-order valence-corrected chi connectivity index (χ3v) is 7.40. The Hall–Kier alpha value is -1.46. The van der Waals surface area contributed by atoms with Crippen LogP contribution in [-0.2, 0) is 37.0 Å². The first kappa shape index (κ1) is 23.8. The zero-order valence-electron chi connectivity index (χ0n) is 19.3. The molecule has 0 fully saturated rings. The van der Waals surface area contributed by atoms with Gasteiger partial charge in [-0.15, -0.1) is 11.1 Å². The Morgan fingerprint density at radius 2 is 0.828 bits per heavy atom. The fourth-order valence-corrected chi connectivity index (χ4v) is 4.71. The monoisotopic (exact) mass is 460 g/mol. The van der Waals surface area contributed by atoms with E-state index < -0.39 is 0 Å². The molecule has 2 atom stereocenters. The molecular weight excluding hydrogens is 428 g/mol. The van der Waals surface area contributed by atoms with Crippen molar-refractivity contribution in [2.24, 2.45) is 0 Å². The molecule has 0 heterocycles. The van der Waals surface area contributed by atoms with Crippen LogP contribution in [-0.4, -0.2) is 0 Å². The van der Waals surface area contributed by atoms with Crippen molar-refractivity contribution < 1.29 is 26.2 Å². The normalized spacial score (nSPS) is 26.1. The van der Waals surface area contributed by atoms with Crippen molar-refractivity contribution in [3.63, 3.8) is 0 Å². The molecule has 2 unspecified atom stereocenters. The Kier molecular flexibility index (Phi) is 7.17. The summed E-state index contributed by atoms with van der Waals surface area (Å²) in [6.45, 7) is 17.9. The van der Waals surface area contributed by atoms with Gasteiger partial charge in [0.1, 0.15) is 0 Å². The van der Waals surface area contributed by atoms with Crippen LogP contribution in [0.3, 0.4) is 0 Å². The summed E-state index contributed by atoms with van der Waals surface area (Å²) in [4.78, 5) is 0. The second-order valence-electron chi connectivity index (χ2n) is 8.91. The minimum atomic E-state index is 0. The molecule has 0 saturated heterocycles. The molecule has 29 heavy (non-hydrogen) atoms. The van der Waals surface area contributed by atoms with Crippen LogP contribution in [0.25, 0.3) is 0 Å². The summed E-state index contributed by atoms with van der Waals surface area (Å²) in [5, 5.41) is 0. The molecule has 2 aromatic rings. The van der Waals surface area contributed by atoms with Crippen molar-refractivity contribution in [3.05, 3.63) is 105 Å². The van der Waals surface area contributed by atoms with E-state index in [1.165, 1.54) is 44.6 Å². The van der Waals surface area contributed by atoms with E-state index in [1.54, 1.807) is 0 Å². The van der Waals surface area contributed by atoms with Gasteiger partial charge < -0.3 is 0 Å². The summed E-state index contributed by atoms with van der Waals surface area (Å²) < 4.78 is 0. The van der Waals surface area contributed by atoms with E-state index in [4.69, 9.17) is 0 Å². The molecular formula is C28H34Zr. The van der Waals surface area contributed by atoms with Gasteiger partial charge >= 0.3 is 26.2 Å². The first-order valence-electron chi connectivity index (χ1n) is 10.3. The maximum Gasteiger partial charge on any atom is 2.00 e. The van der Waals surface area contributed by atoms with Gasteiger partial charge in [-0.05, 0) is 63.5 Å². The van der Waals surface area contributed by atoms with E-state index >= 15 is 0 Å². The molecule has 0 radical (unpaired) electrons. The number of hydrogen-bond donors (Lipinski definition) is 0. The topological polar surface area (TPSA) is 0 Å². The molecule has 0 aliphatic heterocycles. The summed E-state index contributed by atoms with van der Waals surface area (Å²) in [7, 11) is 0. The average Bonchev–Trinajstić information content (AvgIpc) is 3.43. The summed E-state index contributed by atoms with van der Waals surface area (Å²) in [6, 6.07) is 17.3. The molecule has 0 amide bonds. The summed E-state index contributed by atoms with van der Waals surface area (Å²) in [5.41, 5.74) is 11.8. The third-order valence-electron chi connectivity index (χ3n) is 7.40. The van der Waals surface area contributed by atoms with Crippen molar-refractivity contribution in [1.82, 2.24) is 0 Å². The fraction of sp³-hybridized carbons (Fsp3) is 0.357. The quantitative estimate of drug-likeness (QED) is 0.398. The molecule has 0 nitrogen and oxygen atoms in total. The van der Waals surface area contributed by atoms with Crippen LogP contribution in [0.1, 0.15) is 66.5 Å². The Balaban J connectivity index is 0.000000200. The van der Waals surface area contributed by atoms with Crippen LogP contribution in [0.5, 0.6) is 0 Å². The van der Waals surface area contributed by atoms with Gasteiger partial charge in [-0.1, -0.05) is 48.3 Å². The van der Waals surface area contributed by atoms with Crippen molar-refractivity contribution >= 4 is 0 Å². The standard InChI is InChI=1S/2C14H17.Zr/c2*1-10-9-14(4,12(3)11(10)2)13-7-5-6-8-13;/h2*5-9H,1-4H3;/q2*-1;+2. The molecule has 2 aliphatic carbocycles. The maximum atomic E-state index is 2.38. The molecule has 0 bridgehead atoms. The van der Waals surface area contributed by atoms with E-state index in [-0.39, 0.29) is 37.0 Å². The predicted octanol–water partition coefficient (Wildman–Crippen LogP) is 7.92. The van der Waals surface area contributed by atoms with Gasteiger partial charge in [0.25, 0.3) is 0 Å². The van der Waals surface area contributed by atoms with Gasteiger partial charge in [0.15, 0.2) is 0 Å². The van der Waals surface area contributed by atoms with Crippen molar-refractivity contribution in [2.75, 3.05) is 0 Å². The molecule has 0 saturated carbocycles. The zero-order chi connectivity index (χ0) is 20.7. The van der Waals surface area contributed by atoms with Crippen LogP contribution in [0.2, 0.25) is 0 Å². The zero-order valence-corrected chi connectivity index (χ0v) is 21.7. The maximum absolute atomic E-state index is 2.38. The molecule has 0 N–H and O–H groups in total. The third kappa shape index (κ3) is 4.09. The first-order valence-corrected chi connectivity index (χ1v) is 10.3. The SMILES string of the molecule is CC1=CC(C)([c-]2cccc2)C(C)=C1C.CC1=CC(C)([c-]2cccc2)C(C)=C1C.[Zr+2]. The second-order valence-corrected chi connectivity index (χ2v) is 8.91. The average molecular weight is 462 g/mol. The summed E-state index contributed by atoms with van der Waals surface area (Å²) in [6.07, 6.45) is 4.76. The van der Waals surface area contributed by atoms with Gasteiger partial charge in [0.05, 0.1) is 0 Å². The number of allylic oxidation sites excluding steroid dienone is 8. The van der Waals surface area contributed by atoms with Crippen LogP contribution in [0, 0.1) is 0 Å². The summed E-state index contributed by atoms with van der Waals surface area (Å²) >= 11 is 0. The fourth-order valence-electron chi connectivity index (χ4n) is 4.71. The van der Waals surface area contributed by atoms with Gasteiger partial charge in [0.2, 0.25) is 0 Å². The van der Waals surface area contributed by atoms with Gasteiger partial charge in [-0.25, -0.2) is 24.3 Å². The smallest absolute Gasteiger partial charge is 0.213 e. The number of hydrogen-bond acceptors (Lipinski definition) is 0. The van der Waals surface area contributed by atoms with Crippen molar-refractivity contribution in [2.45, 2.75) is 66.2 Å². The van der Waals surface area contributed by atoms with E-state index in [1.807, 2.05) is 0 Å². The molecule has 4 rings (SSSR count). The molecule has 0 aromatic heterocycles. The van der Waals surface area contributed by atoms with E-state index in [0.717, 1.165) is 0 Å². The summed E-state index contributed by atoms with van der Waals surface area (Å²) in [5.74, 6) is 0. The number of rotatable bonds is 2. The molecule has 0 spiro atoms. The van der Waals surface area contributed by atoms with E-state index in [2.05, 4.69) is 116 Å². The van der Waals surface area contributed by atoms with E-state index in [9.17, 15) is 0 Å². The Morgan fingerprint density at radius 1 is 0.552 bits per heavy atom. The van der Waals surface area contributed by atoms with Crippen LogP contribution < -0.4 is 0 Å². The molecule has 2 aromatic carbocycles. The molecule has 1 heteroatoms. The second kappa shape index (κ2) is 8.73. The van der Waals surface area contributed by atoms with Crippen LogP contribution in [0.15, 0.2) is 94.1 Å². The largest absolute Gasteiger partial charge is 2.00 e. The van der Waals surface area contributed by atoms with Crippen LogP contribution >= 0.6 is 0 Å². The Labute approximate surface area is 197 Å². The molecule has 150 valence electrons. The molecule has 2 aliphatic rings. The predicted molar refractivity (Wildman–Crippen MR) is 123 cm³/mol. The van der Waals surface area contributed by atoms with Crippen molar-refractivity contribution in [1.29, 1.82) is 0 Å². The first-order chi connectivity index (χ1) is 13.1. The minimum absolute atomic E-state index is 0. The van der Waals surface area contributed by atoms with Gasteiger partial charge in [-0.2, -0.15) is 24.3 Å². The van der Waals surface area contributed by atoms with Gasteiger partial charge in [-0.3, -0.25) is 0 Å². The Morgan fingerprint density at radius 3 is 1.03 bits per heavy atom. The van der Waals surface area contributed by atoms with Gasteiger partial charge in [0, 0.05) is 0 Å². The minimum Gasteiger partial charge on any atom is -0.213 e.